The van der Waals surface area contributed by atoms with Crippen LogP contribution in [0.2, 0.25) is 0 Å². The molecule has 1 aromatic rings. The molecule has 4 heterocycles. The van der Waals surface area contributed by atoms with E-state index in [1.54, 1.807) is 30.3 Å². The van der Waals surface area contributed by atoms with Gasteiger partial charge in [-0.1, -0.05) is 30.3 Å². The summed E-state index contributed by atoms with van der Waals surface area (Å²) in [4.78, 5) is 136. The van der Waals surface area contributed by atoms with E-state index >= 15 is 0 Å². The van der Waals surface area contributed by atoms with E-state index in [-0.39, 0.29) is 76.1 Å². The molecule has 0 radical (unpaired) electrons. The second-order valence-electron chi connectivity index (χ2n) is 19.1. The van der Waals surface area contributed by atoms with Gasteiger partial charge in [0.2, 0.25) is 47.3 Å². The van der Waals surface area contributed by atoms with Crippen molar-refractivity contribution in [1.29, 1.82) is 0 Å². The molecule has 0 aromatic heterocycles. The van der Waals surface area contributed by atoms with E-state index in [1.807, 2.05) is 0 Å². The molecule has 8 atom stereocenters. The number of nitrogens with one attached hydrogen (secondary N) is 4. The zero-order chi connectivity index (χ0) is 53.4. The summed E-state index contributed by atoms with van der Waals surface area (Å²) in [5, 5.41) is 30.6. The number of hydrogen-bond acceptors (Lipinski definition) is 13. The Kier molecular flexibility index (Phi) is 20.7. The number of carboxylic acids is 1. The molecule has 1 aromatic carbocycles. The maximum Gasteiger partial charge on any atom is 0.326 e. The Hall–Kier alpha value is -7.09. The van der Waals surface area contributed by atoms with E-state index in [2.05, 4.69) is 31.3 Å². The van der Waals surface area contributed by atoms with Crippen molar-refractivity contribution in [2.24, 2.45) is 38.7 Å². The van der Waals surface area contributed by atoms with Crippen LogP contribution in [0.15, 0.2) is 40.3 Å². The second kappa shape index (κ2) is 26.6. The number of rotatable bonds is 24. The van der Waals surface area contributed by atoms with Crippen molar-refractivity contribution in [3.05, 3.63) is 35.9 Å². The van der Waals surface area contributed by atoms with Gasteiger partial charge in [-0.2, -0.15) is 0 Å². The standard InChI is InChI=1S/C47H73N15O11/c1-47(44(73)58-30(43(71)72)14-6-20-54-46(51)52)18-10-24-62(47)42(70)35-17-9-23-61(35)40(68)32(27-63)57-37(65)31(25-28-11-3-2-4-12-28)56-36(64)26-55-38(66)33-15-7-21-59(33)41(69)34-16-8-22-60(34)39(67)29(48)13-5-19-53-45(49)50/h2-4,11-12,29-35,63H,5-10,13-27,48H2,1H3,(H,55,66)(H,56,64)(H,57,65)(H,58,73)(H,71,72)(H4,49,50,53)(H4,51,52,54)/t29-,30-,31-,32-,33-,34-,35-,47-/m0/s1. The summed E-state index contributed by atoms with van der Waals surface area (Å²) in [6.07, 6.45) is 4.02. The molecule has 4 fully saturated rings. The van der Waals surface area contributed by atoms with Crippen molar-refractivity contribution >= 4 is 65.1 Å². The van der Waals surface area contributed by atoms with Crippen LogP contribution in [0.4, 0.5) is 0 Å². The molecule has 16 N–H and O–H groups in total. The first-order chi connectivity index (χ1) is 34.8. The number of likely N-dealkylation sites (tertiary alicyclic amines) is 4. The molecule has 0 saturated carbocycles. The fourth-order valence-electron chi connectivity index (χ4n) is 9.98. The lowest BCUT2D eigenvalue weighted by atomic mass is 9.95. The number of aliphatic imine (C=N–C) groups is 2. The number of nitrogens with zero attached hydrogens (tertiary/aromatic N) is 6. The van der Waals surface area contributed by atoms with Gasteiger partial charge < -0.3 is 79.7 Å². The van der Waals surface area contributed by atoms with Gasteiger partial charge in [0, 0.05) is 45.7 Å². The number of aliphatic hydroxyl groups excluding tert-OH is 1. The Labute approximate surface area is 423 Å². The second-order valence-corrected chi connectivity index (χ2v) is 19.1. The van der Waals surface area contributed by atoms with E-state index in [9.17, 15) is 53.4 Å². The topological polar surface area (TPSA) is 410 Å². The number of hydrogen-bond donors (Lipinski definition) is 11. The smallest absolute Gasteiger partial charge is 0.326 e. The van der Waals surface area contributed by atoms with Crippen LogP contribution in [0.1, 0.15) is 89.5 Å². The highest BCUT2D eigenvalue weighted by molar-refractivity contribution is 5.99. The number of benzene rings is 1. The Morgan fingerprint density at radius 2 is 1.27 bits per heavy atom. The summed E-state index contributed by atoms with van der Waals surface area (Å²) in [7, 11) is 0. The average Bonchev–Trinajstić information content (AvgIpc) is 4.21. The number of amides is 8. The van der Waals surface area contributed by atoms with Gasteiger partial charge in [0.25, 0.3) is 0 Å². The van der Waals surface area contributed by atoms with Gasteiger partial charge in [0.05, 0.1) is 19.2 Å². The Morgan fingerprint density at radius 3 is 1.88 bits per heavy atom. The molecular formula is C47H73N15O11. The van der Waals surface area contributed by atoms with Crippen LogP contribution in [0.3, 0.4) is 0 Å². The molecule has 4 aliphatic rings. The molecule has 5 rings (SSSR count). The fraction of sp³-hybridized carbons (Fsp3) is 0.638. The molecule has 4 saturated heterocycles. The number of nitrogens with two attached hydrogens (primary N) is 5. The van der Waals surface area contributed by atoms with Crippen LogP contribution in [-0.4, -0.2) is 195 Å². The third-order valence-electron chi connectivity index (χ3n) is 13.9. The van der Waals surface area contributed by atoms with Crippen molar-refractivity contribution in [3.63, 3.8) is 0 Å². The van der Waals surface area contributed by atoms with Crippen LogP contribution in [0.5, 0.6) is 0 Å². The highest BCUT2D eigenvalue weighted by atomic mass is 16.4. The predicted molar refractivity (Wildman–Crippen MR) is 265 cm³/mol. The van der Waals surface area contributed by atoms with Gasteiger partial charge in [-0.15, -0.1) is 0 Å². The Morgan fingerprint density at radius 1 is 0.699 bits per heavy atom. The van der Waals surface area contributed by atoms with Gasteiger partial charge in [-0.25, -0.2) is 4.79 Å². The summed E-state index contributed by atoms with van der Waals surface area (Å²) >= 11 is 0. The minimum atomic E-state index is -1.55. The highest BCUT2D eigenvalue weighted by Gasteiger charge is 2.50. The molecular weight excluding hydrogens is 951 g/mol. The van der Waals surface area contributed by atoms with Gasteiger partial charge in [-0.3, -0.25) is 48.3 Å². The van der Waals surface area contributed by atoms with Crippen molar-refractivity contribution in [2.45, 2.75) is 138 Å². The summed E-state index contributed by atoms with van der Waals surface area (Å²) in [5.41, 5.74) is 26.8. The summed E-state index contributed by atoms with van der Waals surface area (Å²) in [5.74, 6) is -6.49. The third-order valence-corrected chi connectivity index (χ3v) is 13.9. The molecule has 26 heteroatoms. The van der Waals surface area contributed by atoms with Crippen LogP contribution in [0, 0.1) is 0 Å². The molecule has 402 valence electrons. The highest BCUT2D eigenvalue weighted by Crippen LogP contribution is 2.33. The Balaban J connectivity index is 1.19. The molecule has 4 aliphatic heterocycles. The number of aliphatic carboxylic acids is 1. The van der Waals surface area contributed by atoms with Crippen molar-refractivity contribution in [1.82, 2.24) is 40.9 Å². The van der Waals surface area contributed by atoms with Crippen LogP contribution in [0.25, 0.3) is 0 Å². The average molecular weight is 1020 g/mol. The van der Waals surface area contributed by atoms with E-state index in [0.717, 1.165) is 0 Å². The number of carbonyl (C=O) groups excluding carboxylic acids is 8. The first kappa shape index (κ1) is 56.8. The summed E-state index contributed by atoms with van der Waals surface area (Å²) in [6, 6.07) is 0.837. The largest absolute Gasteiger partial charge is 0.480 e. The monoisotopic (exact) mass is 1020 g/mol. The van der Waals surface area contributed by atoms with Crippen molar-refractivity contribution in [2.75, 3.05) is 52.4 Å². The SMILES string of the molecule is C[C@@]1(C(=O)N[C@@H](CCCN=C(N)N)C(=O)O)CCCN1C(=O)[C@@H]1CCCN1C(=O)[C@H](CO)NC(=O)[C@H](Cc1ccccc1)NC(=O)CNC(=O)[C@@H]1CCCN1C(=O)[C@@H]1CCCN1C(=O)[C@@H](N)CCCN=C(N)N. The number of carboxylic acid groups (broad SMARTS) is 1. The first-order valence-electron chi connectivity index (χ1n) is 24.9. The number of carbonyl (C=O) groups is 9. The lowest BCUT2D eigenvalue weighted by Crippen LogP contribution is -2.62. The van der Waals surface area contributed by atoms with E-state index in [1.165, 1.54) is 26.5 Å². The quantitative estimate of drug-likeness (QED) is 0.0265. The number of guanidine groups is 2. The molecule has 73 heavy (non-hydrogen) atoms. The normalized spacial score (nSPS) is 22.1. The lowest BCUT2D eigenvalue weighted by Gasteiger charge is -2.38. The first-order valence-corrected chi connectivity index (χ1v) is 24.9. The van der Waals surface area contributed by atoms with Crippen LogP contribution < -0.4 is 49.9 Å². The van der Waals surface area contributed by atoms with Crippen LogP contribution in [-0.2, 0) is 49.6 Å². The summed E-state index contributed by atoms with van der Waals surface area (Å²) in [6.45, 7) is 1.37. The van der Waals surface area contributed by atoms with Crippen molar-refractivity contribution < 1.29 is 53.4 Å². The van der Waals surface area contributed by atoms with Crippen molar-refractivity contribution in [3.8, 4) is 0 Å². The predicted octanol–water partition coefficient (Wildman–Crippen LogP) is -4.33. The molecule has 0 bridgehead atoms. The van der Waals surface area contributed by atoms with Gasteiger partial charge in [-0.05, 0) is 89.5 Å². The zero-order valence-corrected chi connectivity index (χ0v) is 41.4. The zero-order valence-electron chi connectivity index (χ0n) is 41.4. The molecule has 0 aliphatic carbocycles. The summed E-state index contributed by atoms with van der Waals surface area (Å²) < 4.78 is 0. The fourth-order valence-corrected chi connectivity index (χ4v) is 9.98. The molecule has 0 unspecified atom stereocenters. The van der Waals surface area contributed by atoms with Crippen LogP contribution >= 0.6 is 0 Å². The number of aliphatic hydroxyl groups is 1. The van der Waals surface area contributed by atoms with Gasteiger partial charge in [0.1, 0.15) is 41.8 Å². The third kappa shape index (κ3) is 15.0. The molecule has 0 spiro atoms. The van der Waals surface area contributed by atoms with E-state index in [4.69, 9.17) is 28.7 Å². The molecule has 26 nitrogen and oxygen atoms in total. The minimum absolute atomic E-state index is 0.0188. The maximum absolute atomic E-state index is 14.3. The molecule has 8 amide bonds. The van der Waals surface area contributed by atoms with E-state index in [0.29, 0.717) is 70.0 Å². The maximum atomic E-state index is 14.3. The minimum Gasteiger partial charge on any atom is -0.480 e. The van der Waals surface area contributed by atoms with E-state index < -0.39 is 108 Å². The van der Waals surface area contributed by atoms with Gasteiger partial charge in [0.15, 0.2) is 11.9 Å². The Bertz CT molecular complexity index is 2230. The van der Waals surface area contributed by atoms with Gasteiger partial charge >= 0.3 is 5.97 Å². The lowest BCUT2D eigenvalue weighted by molar-refractivity contribution is -0.152.